The average Bonchev–Trinajstić information content (AvgIpc) is 3.07. The maximum absolute atomic E-state index is 11.8. The molecule has 190 valence electrons. The van der Waals surface area contributed by atoms with Crippen molar-refractivity contribution in [3.63, 3.8) is 0 Å². The Morgan fingerprint density at radius 2 is 1.76 bits per heavy atom. The molecule has 9 atom stereocenters. The van der Waals surface area contributed by atoms with E-state index in [1.54, 1.807) is 0 Å². The van der Waals surface area contributed by atoms with Crippen LogP contribution < -0.4 is 0 Å². The molecule has 3 saturated carbocycles. The Kier molecular flexibility index (Phi) is 7.05. The topological polar surface area (TPSA) is 46.5 Å². The fourth-order valence-corrected chi connectivity index (χ4v) is 10.5. The van der Waals surface area contributed by atoms with Crippen molar-refractivity contribution in [3.05, 3.63) is 11.4 Å². The molecule has 0 radical (unpaired) electrons. The number of fused-ring (bicyclic) bond motifs is 5. The fourth-order valence-electron chi connectivity index (χ4n) is 8.69. The largest absolute Gasteiger partial charge is 0.417 e. The second kappa shape index (κ2) is 8.89. The van der Waals surface area contributed by atoms with E-state index in [1.165, 1.54) is 38.5 Å². The second-order valence-electron chi connectivity index (χ2n) is 14.3. The predicted molar refractivity (Wildman–Crippen MR) is 142 cm³/mol. The van der Waals surface area contributed by atoms with E-state index in [-0.39, 0.29) is 5.04 Å². The standard InChI is InChI=1S/C28H51O3PSi/c1-19(18-31-33(7,8)26(2,3)4)23-11-12-24-22-10-9-20-17-21(32(29)30)13-15-27(20,5)25(22)14-16-28(23,24)6/h17,19-20,22-25,32H,9-16,18H2,1-8H3,(H,29,30)/t19?,20?,22-,23+,24-,25-,27-,28+/m0/s1. The van der Waals surface area contributed by atoms with Gasteiger partial charge in [0.2, 0.25) is 8.03 Å². The Bertz CT molecular complexity index is 801. The third-order valence-electron chi connectivity index (χ3n) is 11.8. The van der Waals surface area contributed by atoms with E-state index in [0.717, 1.165) is 48.4 Å². The summed E-state index contributed by atoms with van der Waals surface area (Å²) in [6, 6.07) is 0. The number of hydrogen-bond donors (Lipinski definition) is 1. The van der Waals surface area contributed by atoms with Crippen LogP contribution in [0.3, 0.4) is 0 Å². The molecule has 5 heteroatoms. The van der Waals surface area contributed by atoms with Crippen molar-refractivity contribution in [3.8, 4) is 0 Å². The van der Waals surface area contributed by atoms with Gasteiger partial charge in [-0.15, -0.1) is 0 Å². The quantitative estimate of drug-likeness (QED) is 0.309. The molecule has 4 rings (SSSR count). The number of rotatable bonds is 5. The van der Waals surface area contributed by atoms with Crippen molar-refractivity contribution in [2.24, 2.45) is 46.3 Å². The molecule has 0 aromatic rings. The Labute approximate surface area is 205 Å². The van der Waals surface area contributed by atoms with Gasteiger partial charge in [-0.1, -0.05) is 47.6 Å². The van der Waals surface area contributed by atoms with E-state index in [0.29, 0.717) is 22.7 Å². The third kappa shape index (κ3) is 4.42. The molecule has 3 nitrogen and oxygen atoms in total. The average molecular weight is 495 g/mol. The summed E-state index contributed by atoms with van der Waals surface area (Å²) < 4.78 is 18.5. The van der Waals surface area contributed by atoms with Gasteiger partial charge in [0.15, 0.2) is 8.32 Å². The van der Waals surface area contributed by atoms with Gasteiger partial charge in [0.1, 0.15) is 0 Å². The number of hydrogen-bond acceptors (Lipinski definition) is 2. The molecule has 0 aromatic heterocycles. The van der Waals surface area contributed by atoms with Crippen LogP contribution >= 0.6 is 8.03 Å². The molecule has 0 bridgehead atoms. The first-order valence-corrected chi connectivity index (χ1v) is 18.0. The molecule has 3 fully saturated rings. The van der Waals surface area contributed by atoms with Gasteiger partial charge in [-0.25, -0.2) is 0 Å². The molecule has 0 amide bonds. The predicted octanol–water partition coefficient (Wildman–Crippen LogP) is 8.26. The van der Waals surface area contributed by atoms with E-state index >= 15 is 0 Å². The molecule has 0 spiro atoms. The van der Waals surface area contributed by atoms with Gasteiger partial charge in [0.05, 0.1) is 0 Å². The third-order valence-corrected chi connectivity index (χ3v) is 17.3. The Balaban J connectivity index is 1.48. The zero-order chi connectivity index (χ0) is 24.4. The highest BCUT2D eigenvalue weighted by Gasteiger charge is 2.60. The van der Waals surface area contributed by atoms with Gasteiger partial charge in [-0.05, 0) is 116 Å². The van der Waals surface area contributed by atoms with Crippen molar-refractivity contribution >= 4 is 16.3 Å². The minimum atomic E-state index is -2.50. The lowest BCUT2D eigenvalue weighted by molar-refractivity contribution is -0.0970. The maximum Gasteiger partial charge on any atom is 0.213 e. The first-order valence-electron chi connectivity index (χ1n) is 13.8. The lowest BCUT2D eigenvalue weighted by Gasteiger charge is -2.60. The molecular formula is C28H51O3PSi. The van der Waals surface area contributed by atoms with Crippen LogP contribution in [0.1, 0.15) is 92.9 Å². The van der Waals surface area contributed by atoms with Crippen LogP contribution in [-0.2, 0) is 8.99 Å². The van der Waals surface area contributed by atoms with Crippen molar-refractivity contribution < 1.29 is 13.9 Å². The Morgan fingerprint density at radius 3 is 2.39 bits per heavy atom. The van der Waals surface area contributed by atoms with Crippen LogP contribution in [0.5, 0.6) is 0 Å². The van der Waals surface area contributed by atoms with E-state index in [2.05, 4.69) is 60.7 Å². The highest BCUT2D eigenvalue weighted by molar-refractivity contribution is 7.43. The van der Waals surface area contributed by atoms with E-state index < -0.39 is 16.3 Å². The van der Waals surface area contributed by atoms with Gasteiger partial charge >= 0.3 is 0 Å². The van der Waals surface area contributed by atoms with Gasteiger partial charge in [0, 0.05) is 11.9 Å². The molecule has 4 aliphatic rings. The van der Waals surface area contributed by atoms with Crippen LogP contribution in [0, 0.1) is 46.3 Å². The minimum absolute atomic E-state index is 0.277. The van der Waals surface area contributed by atoms with E-state index in [4.69, 9.17) is 4.43 Å². The SMILES string of the molecule is CC(CO[Si](C)(C)C(C)(C)C)[C@H]1CC[C@H]2[C@@H]3CCC4C=C([PH](=O)O)CC[C@]4(C)[C@H]3CC[C@]12C. The highest BCUT2D eigenvalue weighted by Crippen LogP contribution is 2.68. The lowest BCUT2D eigenvalue weighted by atomic mass is 9.45. The van der Waals surface area contributed by atoms with Crippen LogP contribution in [-0.4, -0.2) is 19.8 Å². The van der Waals surface area contributed by atoms with Crippen molar-refractivity contribution in [2.75, 3.05) is 6.61 Å². The summed E-state index contributed by atoms with van der Waals surface area (Å²) in [6.45, 7) is 20.4. The van der Waals surface area contributed by atoms with Gasteiger partial charge in [-0.2, -0.15) is 0 Å². The minimum Gasteiger partial charge on any atom is -0.417 e. The Morgan fingerprint density at radius 1 is 1.09 bits per heavy atom. The summed E-state index contributed by atoms with van der Waals surface area (Å²) in [4.78, 5) is 9.73. The molecule has 33 heavy (non-hydrogen) atoms. The first-order chi connectivity index (χ1) is 15.2. The van der Waals surface area contributed by atoms with Crippen molar-refractivity contribution in [1.82, 2.24) is 0 Å². The van der Waals surface area contributed by atoms with Gasteiger partial charge < -0.3 is 9.32 Å². The zero-order valence-corrected chi connectivity index (χ0v) is 24.7. The summed E-state index contributed by atoms with van der Waals surface area (Å²) in [5, 5.41) is 1.14. The van der Waals surface area contributed by atoms with Gasteiger partial charge in [-0.3, -0.25) is 4.57 Å². The summed E-state index contributed by atoms with van der Waals surface area (Å²) in [5.74, 6) is 4.45. The lowest BCUT2D eigenvalue weighted by Crippen LogP contribution is -2.52. The molecule has 0 saturated heterocycles. The molecule has 0 aromatic carbocycles. The van der Waals surface area contributed by atoms with Crippen LogP contribution in [0.4, 0.5) is 0 Å². The van der Waals surface area contributed by atoms with E-state index in [1.807, 2.05) is 0 Å². The van der Waals surface area contributed by atoms with Crippen LogP contribution in [0.2, 0.25) is 18.1 Å². The maximum atomic E-state index is 11.8. The summed E-state index contributed by atoms with van der Waals surface area (Å²) in [7, 11) is -4.20. The highest BCUT2D eigenvalue weighted by atomic mass is 31.1. The molecular weight excluding hydrogens is 443 g/mol. The molecule has 3 unspecified atom stereocenters. The fraction of sp³-hybridized carbons (Fsp3) is 0.929. The first kappa shape index (κ1) is 26.2. The van der Waals surface area contributed by atoms with Crippen LogP contribution in [0.25, 0.3) is 0 Å². The summed E-state index contributed by atoms with van der Waals surface area (Å²) >= 11 is 0. The molecule has 0 aliphatic heterocycles. The van der Waals surface area contributed by atoms with E-state index in [9.17, 15) is 9.46 Å². The van der Waals surface area contributed by atoms with Crippen LogP contribution in [0.15, 0.2) is 11.4 Å². The molecule has 1 N–H and O–H groups in total. The molecule has 0 heterocycles. The Hall–Kier alpha value is 0.107. The smallest absolute Gasteiger partial charge is 0.213 e. The van der Waals surface area contributed by atoms with Gasteiger partial charge in [0.25, 0.3) is 0 Å². The monoisotopic (exact) mass is 494 g/mol. The number of allylic oxidation sites excluding steroid dienone is 2. The van der Waals surface area contributed by atoms with Crippen molar-refractivity contribution in [1.29, 1.82) is 0 Å². The zero-order valence-electron chi connectivity index (χ0n) is 22.7. The summed E-state index contributed by atoms with van der Waals surface area (Å²) in [6.07, 6.45) is 12.2. The molecule has 4 aliphatic carbocycles. The normalized spacial score (nSPS) is 43.2. The van der Waals surface area contributed by atoms with Crippen molar-refractivity contribution in [2.45, 2.75) is 111 Å². The summed E-state index contributed by atoms with van der Waals surface area (Å²) in [5.41, 5.74) is 0.798. The second-order valence-corrected chi connectivity index (χ2v) is 20.4.